The van der Waals surface area contributed by atoms with Crippen molar-refractivity contribution in [2.45, 2.75) is 45.6 Å². The van der Waals surface area contributed by atoms with Crippen LogP contribution in [0, 0.1) is 11.3 Å². The van der Waals surface area contributed by atoms with Gasteiger partial charge in [-0.1, -0.05) is 12.1 Å². The second kappa shape index (κ2) is 16.0. The van der Waals surface area contributed by atoms with Gasteiger partial charge in [0.15, 0.2) is 0 Å². The smallest absolute Gasteiger partial charge is 0.330 e. The van der Waals surface area contributed by atoms with Gasteiger partial charge >= 0.3 is 11.9 Å². The van der Waals surface area contributed by atoms with Gasteiger partial charge < -0.3 is 30.2 Å². The van der Waals surface area contributed by atoms with Gasteiger partial charge in [-0.05, 0) is 57.4 Å². The Morgan fingerprint density at radius 2 is 1.83 bits per heavy atom. The summed E-state index contributed by atoms with van der Waals surface area (Å²) in [5.74, 6) is -0.864. The van der Waals surface area contributed by atoms with Crippen LogP contribution in [0.15, 0.2) is 48.8 Å². The molecule has 1 fully saturated rings. The number of nitrogens with two attached hydrogens (primary N) is 1. The predicted octanol–water partition coefficient (Wildman–Crippen LogP) is 3.07. The zero-order valence-electron chi connectivity index (χ0n) is 23.6. The minimum Gasteiger partial charge on any atom is -0.491 e. The Labute approximate surface area is 240 Å². The quantitative estimate of drug-likeness (QED) is 0.136. The Bertz CT molecular complexity index is 1210. The Kier molecular flexibility index (Phi) is 12.1. The van der Waals surface area contributed by atoms with Gasteiger partial charge in [0.25, 0.3) is 0 Å². The molecule has 0 saturated carbocycles. The van der Waals surface area contributed by atoms with Crippen molar-refractivity contribution >= 4 is 35.4 Å². The van der Waals surface area contributed by atoms with Crippen molar-refractivity contribution in [1.29, 1.82) is 5.41 Å². The molecule has 11 heteroatoms. The number of aromatic nitrogens is 1. The van der Waals surface area contributed by atoms with Crippen LogP contribution in [-0.2, 0) is 23.9 Å². The Morgan fingerprint density at radius 3 is 2.49 bits per heavy atom. The number of pyridine rings is 1. The molecule has 2 aromatic rings. The highest BCUT2D eigenvalue weighted by atomic mass is 16.5. The number of rotatable bonds is 14. The maximum absolute atomic E-state index is 13.3. The number of nitrogens with zero attached hydrogens (tertiary/aromatic N) is 2. The summed E-state index contributed by atoms with van der Waals surface area (Å²) < 4.78 is 16.1. The van der Waals surface area contributed by atoms with Crippen LogP contribution in [0.3, 0.4) is 0 Å². The normalized spacial score (nSPS) is 14.3. The van der Waals surface area contributed by atoms with E-state index in [-0.39, 0.29) is 49.9 Å². The topological polar surface area (TPSA) is 157 Å². The summed E-state index contributed by atoms with van der Waals surface area (Å²) in [5, 5.41) is 10.9. The maximum atomic E-state index is 13.3. The van der Waals surface area contributed by atoms with Crippen molar-refractivity contribution in [3.05, 3.63) is 59.9 Å². The number of nitrogens with one attached hydrogen (secondary N) is 2. The summed E-state index contributed by atoms with van der Waals surface area (Å²) in [7, 11) is 0. The lowest BCUT2D eigenvalue weighted by Crippen LogP contribution is -2.46. The number of amidine groups is 1. The van der Waals surface area contributed by atoms with Gasteiger partial charge in [-0.15, -0.1) is 0 Å². The zero-order valence-corrected chi connectivity index (χ0v) is 23.6. The molecule has 1 aliphatic rings. The first-order chi connectivity index (χ1) is 19.8. The maximum Gasteiger partial charge on any atom is 0.330 e. The average Bonchev–Trinajstić information content (AvgIpc) is 2.98. The second-order valence-electron chi connectivity index (χ2n) is 9.58. The molecule has 1 aromatic heterocycles. The molecule has 3 rings (SSSR count). The molecular formula is C30H39N5O6. The third-order valence-electron chi connectivity index (χ3n) is 6.69. The number of hydrogen-bond acceptors (Lipinski definition) is 9. The van der Waals surface area contributed by atoms with Gasteiger partial charge in [0, 0.05) is 60.7 Å². The van der Waals surface area contributed by atoms with Crippen molar-refractivity contribution in [2.75, 3.05) is 37.8 Å². The van der Waals surface area contributed by atoms with E-state index in [1.165, 1.54) is 6.08 Å². The van der Waals surface area contributed by atoms with Crippen LogP contribution in [-0.4, -0.2) is 67.6 Å². The van der Waals surface area contributed by atoms with E-state index in [0.29, 0.717) is 36.1 Å². The number of ether oxygens (including phenoxy) is 3. The number of benzene rings is 1. The van der Waals surface area contributed by atoms with Crippen molar-refractivity contribution in [1.82, 2.24) is 10.3 Å². The molecule has 0 aliphatic carbocycles. The van der Waals surface area contributed by atoms with Crippen molar-refractivity contribution < 1.29 is 28.6 Å². The predicted molar refractivity (Wildman–Crippen MR) is 156 cm³/mol. The molecular weight excluding hydrogens is 526 g/mol. The first-order valence-electron chi connectivity index (χ1n) is 13.9. The molecule has 11 nitrogen and oxygen atoms in total. The molecule has 220 valence electrons. The fourth-order valence-corrected chi connectivity index (χ4v) is 4.50. The van der Waals surface area contributed by atoms with E-state index in [4.69, 9.17) is 25.4 Å². The Balaban J connectivity index is 1.69. The highest BCUT2D eigenvalue weighted by Gasteiger charge is 2.27. The highest BCUT2D eigenvalue weighted by Crippen LogP contribution is 2.25. The van der Waals surface area contributed by atoms with E-state index in [9.17, 15) is 14.4 Å². The standard InChI is InChI=1S/C30H39N5O6/c1-3-39-27(36)9-7-21-5-6-23(29(31)32)19-26(21)41-20-24(8-10-28(37)40-4-2)34-30(38)22-13-17-35(18-14-22)25-11-15-33-16-12-25/h5-7,9,11-12,15-16,19,22,24H,3-4,8,10,13-14,17-18,20H2,1-2H3,(H3,31,32)(H,34,38)/b9-7+/t24-/m0/s1. The largest absolute Gasteiger partial charge is 0.491 e. The molecule has 1 amide bonds. The molecule has 1 atom stereocenters. The highest BCUT2D eigenvalue weighted by molar-refractivity contribution is 5.96. The van der Waals surface area contributed by atoms with Crippen LogP contribution in [0.2, 0.25) is 0 Å². The molecule has 0 radical (unpaired) electrons. The fourth-order valence-electron chi connectivity index (χ4n) is 4.50. The van der Waals surface area contributed by atoms with Crippen LogP contribution >= 0.6 is 0 Å². The first kappa shape index (κ1) is 31.1. The van der Waals surface area contributed by atoms with Crippen LogP contribution in [0.1, 0.15) is 50.7 Å². The van der Waals surface area contributed by atoms with Crippen LogP contribution in [0.25, 0.3) is 6.08 Å². The van der Waals surface area contributed by atoms with E-state index in [1.807, 2.05) is 12.1 Å². The van der Waals surface area contributed by atoms with Crippen molar-refractivity contribution in [3.63, 3.8) is 0 Å². The van der Waals surface area contributed by atoms with Gasteiger partial charge in [-0.2, -0.15) is 0 Å². The molecule has 41 heavy (non-hydrogen) atoms. The van der Waals surface area contributed by atoms with E-state index in [2.05, 4.69) is 15.2 Å². The first-order valence-corrected chi connectivity index (χ1v) is 13.9. The van der Waals surface area contributed by atoms with E-state index >= 15 is 0 Å². The van der Waals surface area contributed by atoms with Crippen molar-refractivity contribution in [2.24, 2.45) is 11.7 Å². The molecule has 0 unspecified atom stereocenters. The van der Waals surface area contributed by atoms with Gasteiger partial charge in [-0.25, -0.2) is 4.79 Å². The van der Waals surface area contributed by atoms with Gasteiger partial charge in [0.05, 0.1) is 19.3 Å². The number of carbonyl (C=O) groups excluding carboxylic acids is 3. The number of hydrogen-bond donors (Lipinski definition) is 3. The number of esters is 2. The lowest BCUT2D eigenvalue weighted by molar-refractivity contribution is -0.143. The number of anilines is 1. The second-order valence-corrected chi connectivity index (χ2v) is 9.58. The molecule has 1 aromatic carbocycles. The fraction of sp³-hybridized carbons (Fsp3) is 0.433. The number of nitrogen functional groups attached to an aromatic ring is 1. The average molecular weight is 566 g/mol. The van der Waals surface area contributed by atoms with E-state index in [1.54, 1.807) is 50.5 Å². The summed E-state index contributed by atoms with van der Waals surface area (Å²) >= 11 is 0. The third-order valence-corrected chi connectivity index (χ3v) is 6.69. The summed E-state index contributed by atoms with van der Waals surface area (Å²) in [6.45, 7) is 5.54. The molecule has 0 bridgehead atoms. The van der Waals surface area contributed by atoms with Gasteiger partial charge in [0.2, 0.25) is 5.91 Å². The monoisotopic (exact) mass is 565 g/mol. The molecule has 2 heterocycles. The van der Waals surface area contributed by atoms with Crippen LogP contribution in [0.5, 0.6) is 5.75 Å². The Hall–Kier alpha value is -4.41. The van der Waals surface area contributed by atoms with Gasteiger partial charge in [-0.3, -0.25) is 20.0 Å². The van der Waals surface area contributed by atoms with Crippen LogP contribution < -0.4 is 20.7 Å². The summed E-state index contributed by atoms with van der Waals surface area (Å²) in [6, 6.07) is 8.38. The van der Waals surface area contributed by atoms with Crippen molar-refractivity contribution in [3.8, 4) is 5.75 Å². The summed E-state index contributed by atoms with van der Waals surface area (Å²) in [5.41, 5.74) is 7.78. The minimum atomic E-state index is -0.497. The minimum absolute atomic E-state index is 0.0581. The Morgan fingerprint density at radius 1 is 1.12 bits per heavy atom. The van der Waals surface area contributed by atoms with Crippen LogP contribution in [0.4, 0.5) is 5.69 Å². The van der Waals surface area contributed by atoms with E-state index in [0.717, 1.165) is 18.8 Å². The van der Waals surface area contributed by atoms with E-state index < -0.39 is 12.0 Å². The lowest BCUT2D eigenvalue weighted by Gasteiger charge is -2.33. The molecule has 0 spiro atoms. The van der Waals surface area contributed by atoms with Gasteiger partial charge in [0.1, 0.15) is 18.2 Å². The zero-order chi connectivity index (χ0) is 29.6. The lowest BCUT2D eigenvalue weighted by atomic mass is 9.95. The third kappa shape index (κ3) is 9.93. The molecule has 4 N–H and O–H groups in total. The number of carbonyl (C=O) groups is 3. The summed E-state index contributed by atoms with van der Waals surface area (Å²) in [4.78, 5) is 43.5. The number of piperidine rings is 1. The molecule has 1 aliphatic heterocycles. The SMILES string of the molecule is CCOC(=O)/C=C/c1ccc(C(=N)N)cc1OC[C@H](CCC(=O)OCC)NC(=O)C1CCN(c2ccncc2)CC1. The molecule has 1 saturated heterocycles. The number of amides is 1. The summed E-state index contributed by atoms with van der Waals surface area (Å²) in [6.07, 6.45) is 8.19.